The number of hydrogen-bond donors (Lipinski definition) is 1. The average molecular weight is 395 g/mol. The topological polar surface area (TPSA) is 95.7 Å². The summed E-state index contributed by atoms with van der Waals surface area (Å²) in [7, 11) is 0. The highest BCUT2D eigenvalue weighted by Crippen LogP contribution is 2.32. The molecule has 2 N–H and O–H groups in total. The number of carbonyl (C=O) groups is 3. The van der Waals surface area contributed by atoms with E-state index in [2.05, 4.69) is 0 Å². The van der Waals surface area contributed by atoms with Crippen LogP contribution in [0.4, 0.5) is 0 Å². The molecule has 6 heteroatoms. The summed E-state index contributed by atoms with van der Waals surface area (Å²) < 4.78 is 10.3. The molecule has 1 amide bonds. The van der Waals surface area contributed by atoms with Crippen LogP contribution in [0.15, 0.2) is 48.5 Å². The Labute approximate surface area is 170 Å². The molecule has 1 aliphatic rings. The van der Waals surface area contributed by atoms with E-state index in [0.717, 1.165) is 0 Å². The van der Waals surface area contributed by atoms with Crippen molar-refractivity contribution in [1.82, 2.24) is 0 Å². The summed E-state index contributed by atoms with van der Waals surface area (Å²) in [6.45, 7) is -0.556. The van der Waals surface area contributed by atoms with Gasteiger partial charge in [0.05, 0.1) is 5.56 Å². The number of primary amides is 1. The van der Waals surface area contributed by atoms with Gasteiger partial charge in [0.2, 0.25) is 0 Å². The Hall–Kier alpha value is -3.15. The van der Waals surface area contributed by atoms with Gasteiger partial charge >= 0.3 is 5.97 Å². The van der Waals surface area contributed by atoms with E-state index >= 15 is 0 Å². The maximum absolute atomic E-state index is 12.3. The summed E-state index contributed by atoms with van der Waals surface area (Å²) in [6, 6.07) is 13.7. The van der Waals surface area contributed by atoms with Crippen LogP contribution >= 0.6 is 0 Å². The van der Waals surface area contributed by atoms with Crippen LogP contribution in [0.2, 0.25) is 0 Å². The zero-order valence-corrected chi connectivity index (χ0v) is 16.3. The Balaban J connectivity index is 1.50. The Morgan fingerprint density at radius 1 is 0.828 bits per heavy atom. The van der Waals surface area contributed by atoms with Crippen molar-refractivity contribution in [3.8, 4) is 5.75 Å². The van der Waals surface area contributed by atoms with E-state index in [4.69, 9.17) is 15.2 Å². The van der Waals surface area contributed by atoms with Crippen molar-refractivity contribution >= 4 is 17.7 Å². The third-order valence-electron chi connectivity index (χ3n) is 5.11. The number of ketones is 1. The van der Waals surface area contributed by atoms with E-state index in [0.29, 0.717) is 17.2 Å². The number of Topliss-reactive ketones (excluding diaryl/α,β-unsaturated/α-hetero) is 1. The molecule has 1 fully saturated rings. The molecule has 0 aromatic heterocycles. The van der Waals surface area contributed by atoms with Gasteiger partial charge in [-0.15, -0.1) is 0 Å². The lowest BCUT2D eigenvalue weighted by molar-refractivity contribution is -0.119. The molecule has 0 unspecified atom stereocenters. The first-order chi connectivity index (χ1) is 14.0. The molecular weight excluding hydrogens is 370 g/mol. The molecule has 0 radical (unpaired) electrons. The van der Waals surface area contributed by atoms with E-state index in [1.54, 1.807) is 0 Å². The van der Waals surface area contributed by atoms with Crippen LogP contribution in [-0.2, 0) is 9.53 Å². The van der Waals surface area contributed by atoms with Crippen molar-refractivity contribution in [1.29, 1.82) is 0 Å². The largest absolute Gasteiger partial charge is 0.484 e. The second kappa shape index (κ2) is 9.87. The molecule has 0 spiro atoms. The highest BCUT2D eigenvalue weighted by molar-refractivity contribution is 5.99. The zero-order chi connectivity index (χ0) is 20.6. The fourth-order valence-electron chi connectivity index (χ4n) is 3.52. The normalized spacial score (nSPS) is 14.2. The Morgan fingerprint density at radius 2 is 1.45 bits per heavy atom. The summed E-state index contributed by atoms with van der Waals surface area (Å²) >= 11 is 0. The minimum Gasteiger partial charge on any atom is -0.484 e. The lowest BCUT2D eigenvalue weighted by atomic mass is 9.84. The van der Waals surface area contributed by atoms with Gasteiger partial charge in [-0.2, -0.15) is 0 Å². The van der Waals surface area contributed by atoms with Crippen molar-refractivity contribution in [2.75, 3.05) is 13.2 Å². The second-order valence-electron chi connectivity index (χ2n) is 7.24. The standard InChI is InChI=1S/C23H25NO5/c24-22(26)15-28-20-12-10-19(11-13-20)23(27)29-14-21(25)18-8-6-17(7-9-18)16-4-2-1-3-5-16/h6-13,16H,1-5,14-15H2,(H2,24,26). The summed E-state index contributed by atoms with van der Waals surface area (Å²) in [4.78, 5) is 35.2. The van der Waals surface area contributed by atoms with E-state index < -0.39 is 11.9 Å². The van der Waals surface area contributed by atoms with Gasteiger partial charge in [0.1, 0.15) is 5.75 Å². The minimum atomic E-state index is -0.598. The fraction of sp³-hybridized carbons (Fsp3) is 0.348. The number of ether oxygens (including phenoxy) is 2. The number of amides is 1. The van der Waals surface area contributed by atoms with Crippen molar-refractivity contribution in [3.63, 3.8) is 0 Å². The molecule has 1 saturated carbocycles. The van der Waals surface area contributed by atoms with Gasteiger partial charge in [0, 0.05) is 5.56 Å². The van der Waals surface area contributed by atoms with Gasteiger partial charge in [-0.1, -0.05) is 43.5 Å². The molecule has 152 valence electrons. The van der Waals surface area contributed by atoms with Crippen molar-refractivity contribution in [2.24, 2.45) is 5.73 Å². The van der Waals surface area contributed by atoms with Crippen LogP contribution in [0.5, 0.6) is 5.75 Å². The number of hydrogen-bond acceptors (Lipinski definition) is 5. The van der Waals surface area contributed by atoms with E-state index in [9.17, 15) is 14.4 Å². The molecule has 2 aromatic carbocycles. The second-order valence-corrected chi connectivity index (χ2v) is 7.24. The first kappa shape index (κ1) is 20.6. The first-order valence-corrected chi connectivity index (χ1v) is 9.84. The van der Waals surface area contributed by atoms with Crippen LogP contribution in [0.25, 0.3) is 0 Å². The number of nitrogens with two attached hydrogens (primary N) is 1. The summed E-state index contributed by atoms with van der Waals surface area (Å²) in [6.07, 6.45) is 6.25. The highest BCUT2D eigenvalue weighted by Gasteiger charge is 2.17. The number of carbonyl (C=O) groups excluding carboxylic acids is 3. The molecule has 0 bridgehead atoms. The summed E-state index contributed by atoms with van der Waals surface area (Å²) in [5, 5.41) is 0. The van der Waals surface area contributed by atoms with Crippen LogP contribution in [-0.4, -0.2) is 30.9 Å². The third kappa shape index (κ3) is 5.91. The van der Waals surface area contributed by atoms with Gasteiger partial charge in [-0.25, -0.2) is 4.79 Å². The molecule has 0 heterocycles. The van der Waals surface area contributed by atoms with Crippen LogP contribution in [0.3, 0.4) is 0 Å². The monoisotopic (exact) mass is 395 g/mol. The summed E-state index contributed by atoms with van der Waals surface area (Å²) in [5.74, 6) is -0.428. The van der Waals surface area contributed by atoms with Crippen molar-refractivity contribution < 1.29 is 23.9 Å². The molecule has 1 aliphatic carbocycles. The SMILES string of the molecule is NC(=O)COc1ccc(C(=O)OCC(=O)c2ccc(C3CCCCC3)cc2)cc1. The smallest absolute Gasteiger partial charge is 0.338 e. The van der Waals surface area contributed by atoms with E-state index in [1.165, 1.54) is 61.9 Å². The molecule has 2 aromatic rings. The van der Waals surface area contributed by atoms with Gasteiger partial charge in [0.15, 0.2) is 19.0 Å². The molecule has 6 nitrogen and oxygen atoms in total. The molecule has 0 atom stereocenters. The number of benzene rings is 2. The lowest BCUT2D eigenvalue weighted by Gasteiger charge is -2.22. The molecule has 29 heavy (non-hydrogen) atoms. The predicted molar refractivity (Wildman–Crippen MR) is 108 cm³/mol. The van der Waals surface area contributed by atoms with Gasteiger partial charge < -0.3 is 15.2 Å². The van der Waals surface area contributed by atoms with Crippen LogP contribution < -0.4 is 10.5 Å². The molecule has 0 saturated heterocycles. The maximum atomic E-state index is 12.3. The van der Waals surface area contributed by atoms with Crippen molar-refractivity contribution in [3.05, 3.63) is 65.2 Å². The Kier molecular flexibility index (Phi) is 7.00. The Morgan fingerprint density at radius 3 is 2.07 bits per heavy atom. The number of rotatable bonds is 8. The highest BCUT2D eigenvalue weighted by atomic mass is 16.5. The van der Waals surface area contributed by atoms with Crippen molar-refractivity contribution in [2.45, 2.75) is 38.0 Å². The minimum absolute atomic E-state index is 0.238. The first-order valence-electron chi connectivity index (χ1n) is 9.84. The zero-order valence-electron chi connectivity index (χ0n) is 16.3. The third-order valence-corrected chi connectivity index (χ3v) is 5.11. The van der Waals surface area contributed by atoms with Crippen LogP contribution in [0, 0.1) is 0 Å². The molecule has 3 rings (SSSR count). The fourth-order valence-corrected chi connectivity index (χ4v) is 3.52. The van der Waals surface area contributed by atoms with Crippen LogP contribution in [0.1, 0.15) is 64.3 Å². The molecule has 0 aliphatic heterocycles. The quantitative estimate of drug-likeness (QED) is 0.544. The maximum Gasteiger partial charge on any atom is 0.338 e. The van der Waals surface area contributed by atoms with E-state index in [1.807, 2.05) is 24.3 Å². The van der Waals surface area contributed by atoms with Gasteiger partial charge in [0.25, 0.3) is 5.91 Å². The predicted octanol–water partition coefficient (Wildman–Crippen LogP) is 3.64. The van der Waals surface area contributed by atoms with E-state index in [-0.39, 0.29) is 24.6 Å². The molecular formula is C23H25NO5. The lowest BCUT2D eigenvalue weighted by Crippen LogP contribution is -2.20. The number of esters is 1. The average Bonchev–Trinajstić information content (AvgIpc) is 2.77. The Bertz CT molecular complexity index is 852. The summed E-state index contributed by atoms with van der Waals surface area (Å²) in [5.41, 5.74) is 7.11. The van der Waals surface area contributed by atoms with Gasteiger partial charge in [-0.3, -0.25) is 9.59 Å². The van der Waals surface area contributed by atoms with Gasteiger partial charge in [-0.05, 0) is 48.6 Å².